The van der Waals surface area contributed by atoms with Gasteiger partial charge >= 0.3 is 0 Å². The molecule has 0 aromatic heterocycles. The van der Waals surface area contributed by atoms with E-state index in [-0.39, 0.29) is 53.1 Å². The molecule has 6 aromatic rings. The number of nitrogens with one attached hydrogen (secondary N) is 3. The van der Waals surface area contributed by atoms with E-state index in [0.29, 0.717) is 92.9 Å². The van der Waals surface area contributed by atoms with Gasteiger partial charge in [-0.3, -0.25) is 93.1 Å². The van der Waals surface area contributed by atoms with Crippen LogP contribution in [0.2, 0.25) is 0 Å². The summed E-state index contributed by atoms with van der Waals surface area (Å²) in [6.07, 6.45) is 18.0. The normalized spacial score (nSPS) is 21.0. The SMILES string of the molecule is CN1C=NC2(CCN(C(=O)c3ccc(C(=N)N)cc3)CC2)C1=O.CN1C=NC2(CCN(Cc3ccccc3)CC2)C1=O.CN1C=NC2(CCNCC2)C1=O.NC(=O)C1(N)CCN(Cc2ccccc2)CC1.O=C1CCN(Cc2ccccc2)CC1.O=C1NC=NC12CCN(Cc1ccccc1)CC2.[C-]#[N+]c1ccc(C(=O)N2CCC3(CC2)N=CN(C)C3=O)cc1. The molecule has 12 aliphatic rings. The summed E-state index contributed by atoms with van der Waals surface area (Å²) in [6.45, 7) is 21.8. The van der Waals surface area contributed by atoms with Crippen LogP contribution in [0.4, 0.5) is 5.69 Å². The van der Waals surface area contributed by atoms with Gasteiger partial charge in [0.15, 0.2) is 5.69 Å². The highest BCUT2D eigenvalue weighted by Crippen LogP contribution is 2.37. The number of hydrogen-bond acceptors (Lipinski definition) is 21. The molecule has 6 aromatic carbocycles. The van der Waals surface area contributed by atoms with Crippen molar-refractivity contribution in [3.05, 3.63) is 220 Å². The predicted molar refractivity (Wildman–Crippen MR) is 483 cm³/mol. The van der Waals surface area contributed by atoms with Gasteiger partial charge in [-0.1, -0.05) is 158 Å². The lowest BCUT2D eigenvalue weighted by atomic mass is 9.87. The number of ketones is 1. The Bertz CT molecular complexity index is 4930. The number of carbonyl (C=O) groups excluding carboxylic acids is 9. The second-order valence-electron chi connectivity index (χ2n) is 34.1. The van der Waals surface area contributed by atoms with Crippen LogP contribution in [0.5, 0.6) is 0 Å². The molecule has 0 radical (unpaired) electrons. The van der Waals surface area contributed by atoms with E-state index in [1.165, 1.54) is 32.1 Å². The average Bonchev–Trinajstić information content (AvgIpc) is 1.66. The van der Waals surface area contributed by atoms with E-state index < -0.39 is 33.2 Å². The van der Waals surface area contributed by atoms with Gasteiger partial charge in [-0.2, -0.15) is 0 Å². The van der Waals surface area contributed by atoms with Crippen LogP contribution in [0.25, 0.3) is 4.85 Å². The second-order valence-corrected chi connectivity index (χ2v) is 34.1. The lowest BCUT2D eigenvalue weighted by molar-refractivity contribution is -0.132. The number of rotatable bonds is 12. The van der Waals surface area contributed by atoms with Gasteiger partial charge in [0.1, 0.15) is 39.3 Å². The van der Waals surface area contributed by atoms with Crippen molar-refractivity contribution in [3.63, 3.8) is 0 Å². The standard InChI is InChI=1S/C16H19N5O2.C16H16N4O2.C15H19N3O.C14H17N3O.C13H19N3O.C12H15NO.C8H13N3O/c1-20-10-19-16(15(20)23)6-8-21(9-7-16)14(22)12-4-2-11(3-5-12)13(17)18;1-17-13-5-3-12(4-6-13)14(21)20-9-7-16(8-10-20)15(22)19(2)11-18-16;1-17-12-16-15(14(17)19)7-9-18(10-8-15)11-13-5-3-2-4-6-13;18-13-14(16-11-15-13)6-8-17(9-7-14)10-12-4-2-1-3-5-12;14-12(17)13(15)6-8-16(9-7-13)10-11-4-2-1-3-5-11;14-12-6-8-13(9-7-12)10-11-4-2-1-3-5-11;1-11-6-10-8(7(11)12)2-4-9-5-3-8/h2-5,10H,6-9H2,1H3,(H3,17,18);3-6,11H,7-10H2,2H3;2-6,12H,7-11H2,1H3;1-5,11H,6-10H2,(H,15,16,18);1-5H,6-10,15H2,(H2,14,17);1-5H,6-10H2;6,9H,2-5H2,1H3. The lowest BCUT2D eigenvalue weighted by Gasteiger charge is -2.36. The summed E-state index contributed by atoms with van der Waals surface area (Å²) in [7, 11) is 6.96. The minimum absolute atomic E-state index is 0.00964. The van der Waals surface area contributed by atoms with Gasteiger partial charge in [0, 0.05) is 162 Å². The van der Waals surface area contributed by atoms with Crippen LogP contribution in [-0.4, -0.2) is 293 Å². The minimum atomic E-state index is -0.798. The summed E-state index contributed by atoms with van der Waals surface area (Å²) < 4.78 is 0. The molecule has 0 aliphatic carbocycles. The van der Waals surface area contributed by atoms with Crippen molar-refractivity contribution in [2.75, 3.05) is 120 Å². The van der Waals surface area contributed by atoms with Gasteiger partial charge in [-0.05, 0) is 125 Å². The topological polar surface area (TPSA) is 378 Å². The van der Waals surface area contributed by atoms with Gasteiger partial charge in [0.05, 0.1) is 43.8 Å². The molecule has 31 nitrogen and oxygen atoms in total. The molecule has 0 bridgehead atoms. The molecule has 12 aliphatic heterocycles. The van der Waals surface area contributed by atoms with Gasteiger partial charge in [0.2, 0.25) is 5.91 Å². The van der Waals surface area contributed by atoms with Crippen LogP contribution >= 0.6 is 0 Å². The van der Waals surface area contributed by atoms with Crippen molar-refractivity contribution < 1.29 is 43.2 Å². The van der Waals surface area contributed by atoms with E-state index in [1.807, 2.05) is 36.4 Å². The summed E-state index contributed by atoms with van der Waals surface area (Å²) in [6, 6.07) is 55.0. The van der Waals surface area contributed by atoms with Crippen molar-refractivity contribution in [2.24, 2.45) is 42.2 Å². The minimum Gasteiger partial charge on any atom is -0.384 e. The quantitative estimate of drug-likeness (QED) is 0.0417. The molecule has 12 heterocycles. The van der Waals surface area contributed by atoms with Crippen LogP contribution < -0.4 is 27.8 Å². The number of primary amides is 1. The zero-order valence-corrected chi connectivity index (χ0v) is 72.2. The Kier molecular flexibility index (Phi) is 30.9. The summed E-state index contributed by atoms with van der Waals surface area (Å²) in [5.41, 5.74) is 20.7. The van der Waals surface area contributed by atoms with E-state index in [4.69, 9.17) is 29.2 Å². The number of Topliss-reactive ketones (excluding diaryl/α,β-unsaturated/α-hetero) is 1. The molecular formula is C94H118N22O9. The molecule has 125 heavy (non-hydrogen) atoms. The molecule has 5 spiro atoms. The van der Waals surface area contributed by atoms with E-state index >= 15 is 0 Å². The number of amidine groups is 1. The average molecular weight is 1700 g/mol. The molecule has 9 N–H and O–H groups in total. The number of carbonyl (C=O) groups is 9. The molecule has 8 amide bonds. The predicted octanol–water partition coefficient (Wildman–Crippen LogP) is 6.78. The Labute approximate surface area is 732 Å². The number of nitrogens with two attached hydrogens (primary N) is 3. The third kappa shape index (κ3) is 23.3. The third-order valence-electron chi connectivity index (χ3n) is 25.6. The highest BCUT2D eigenvalue weighted by molar-refractivity contribution is 6.04. The van der Waals surface area contributed by atoms with Crippen molar-refractivity contribution in [2.45, 2.75) is 149 Å². The number of likely N-dealkylation sites (tertiary alicyclic amines) is 6. The molecule has 7 saturated heterocycles. The van der Waals surface area contributed by atoms with E-state index in [1.54, 1.807) is 128 Å². The second kappa shape index (κ2) is 42.0. The van der Waals surface area contributed by atoms with Gasteiger partial charge in [0.25, 0.3) is 41.4 Å². The first kappa shape index (κ1) is 92.0. The van der Waals surface area contributed by atoms with E-state index in [9.17, 15) is 43.2 Å². The third-order valence-corrected chi connectivity index (χ3v) is 25.6. The van der Waals surface area contributed by atoms with Crippen LogP contribution in [0.15, 0.2) is 195 Å². The number of benzene rings is 6. The maximum Gasteiger partial charge on any atom is 0.255 e. The van der Waals surface area contributed by atoms with Crippen LogP contribution in [0.3, 0.4) is 0 Å². The molecule has 0 saturated carbocycles. The fourth-order valence-electron chi connectivity index (χ4n) is 17.3. The van der Waals surface area contributed by atoms with Gasteiger partial charge < -0.3 is 57.2 Å². The van der Waals surface area contributed by atoms with E-state index in [0.717, 1.165) is 143 Å². The molecule has 31 heteroatoms. The fraction of sp³-hybridized carbons (Fsp3) is 0.447. The van der Waals surface area contributed by atoms with Crippen molar-refractivity contribution in [1.82, 2.24) is 59.6 Å². The summed E-state index contributed by atoms with van der Waals surface area (Å²) in [5, 5.41) is 13.3. The molecule has 0 atom stereocenters. The monoisotopic (exact) mass is 1700 g/mol. The molecule has 18 rings (SSSR count). The van der Waals surface area contributed by atoms with Crippen molar-refractivity contribution >= 4 is 96.3 Å². The Balaban J connectivity index is 0.000000134. The van der Waals surface area contributed by atoms with Crippen molar-refractivity contribution in [1.29, 1.82) is 5.41 Å². The van der Waals surface area contributed by atoms with Crippen LogP contribution in [0.1, 0.15) is 138 Å². The zero-order valence-electron chi connectivity index (χ0n) is 72.2. The zero-order chi connectivity index (χ0) is 88.8. The molecule has 0 unspecified atom stereocenters. The number of nitrogen functional groups attached to an aromatic ring is 1. The highest BCUT2D eigenvalue weighted by atomic mass is 16.2. The number of aliphatic imine (C=N–C) groups is 5. The van der Waals surface area contributed by atoms with Gasteiger partial charge in [-0.15, -0.1) is 0 Å². The van der Waals surface area contributed by atoms with Crippen molar-refractivity contribution in [3.8, 4) is 0 Å². The maximum absolute atomic E-state index is 12.5. The summed E-state index contributed by atoms with van der Waals surface area (Å²) in [5.74, 6) is 0.290. The Morgan fingerprint density at radius 1 is 0.392 bits per heavy atom. The Hall–Kier alpha value is -12.2. The Morgan fingerprint density at radius 2 is 0.688 bits per heavy atom. The first-order chi connectivity index (χ1) is 60.2. The fourth-order valence-corrected chi connectivity index (χ4v) is 17.3. The first-order valence-corrected chi connectivity index (χ1v) is 43.2. The number of likely N-dealkylation sites (N-methyl/N-ethyl adjacent to an activating group) is 4. The number of hydrogen-bond donors (Lipinski definition) is 6. The Morgan fingerprint density at radius 3 is 0.984 bits per heavy atom. The molecule has 658 valence electrons. The maximum atomic E-state index is 12.5. The van der Waals surface area contributed by atoms with Crippen LogP contribution in [-0.2, 0) is 59.7 Å². The smallest absolute Gasteiger partial charge is 0.255 e. The molecular weight excluding hydrogens is 1580 g/mol. The van der Waals surface area contributed by atoms with Gasteiger partial charge in [-0.25, -0.2) is 4.85 Å². The van der Waals surface area contributed by atoms with E-state index in [2.05, 4.69) is 145 Å². The number of amides is 8. The number of piperidine rings is 7. The number of nitrogens with zero attached hydrogens (tertiary/aromatic N) is 16. The first-order valence-electron chi connectivity index (χ1n) is 43.2. The van der Waals surface area contributed by atoms with Crippen LogP contribution in [0, 0.1) is 12.0 Å². The molecule has 7 fully saturated rings. The largest absolute Gasteiger partial charge is 0.384 e. The lowest BCUT2D eigenvalue weighted by Crippen LogP contribution is -2.58. The summed E-state index contributed by atoms with van der Waals surface area (Å²) >= 11 is 0. The highest BCUT2D eigenvalue weighted by Gasteiger charge is 2.50. The summed E-state index contributed by atoms with van der Waals surface area (Å²) in [4.78, 5) is 151.